The fraction of sp³-hybridized carbons (Fsp3) is 0.250. The summed E-state index contributed by atoms with van der Waals surface area (Å²) >= 11 is 12.0. The third-order valence-corrected chi connectivity index (χ3v) is 3.73. The van der Waals surface area contributed by atoms with Gasteiger partial charge in [-0.2, -0.15) is 5.26 Å². The average molecular weight is 321 g/mol. The number of nitriles is 1. The summed E-state index contributed by atoms with van der Waals surface area (Å²) < 4.78 is 0. The van der Waals surface area contributed by atoms with E-state index in [4.69, 9.17) is 28.5 Å². The summed E-state index contributed by atoms with van der Waals surface area (Å²) in [5.41, 5.74) is 1.27. The number of allylic oxidation sites excluding steroid dienone is 1. The number of rotatable bonds is 2. The van der Waals surface area contributed by atoms with Crippen LogP contribution in [0.5, 0.6) is 0 Å². The lowest BCUT2D eigenvalue weighted by Crippen LogP contribution is -2.47. The van der Waals surface area contributed by atoms with E-state index in [0.717, 1.165) is 5.56 Å². The predicted octanol–water partition coefficient (Wildman–Crippen LogP) is 4.13. The molecule has 0 saturated carbocycles. The smallest absolute Gasteiger partial charge is 0.262 e. The van der Waals surface area contributed by atoms with Crippen LogP contribution in [0.2, 0.25) is 10.0 Å². The third-order valence-electron chi connectivity index (χ3n) is 3.17. The number of amides is 1. The molecule has 1 aromatic carbocycles. The van der Waals surface area contributed by atoms with Gasteiger partial charge in [0.2, 0.25) is 0 Å². The third kappa shape index (κ3) is 3.66. The van der Waals surface area contributed by atoms with Crippen LogP contribution >= 0.6 is 23.2 Å². The fourth-order valence-corrected chi connectivity index (χ4v) is 2.69. The number of nitrogens with one attached hydrogen (secondary N) is 1. The van der Waals surface area contributed by atoms with Crippen LogP contribution in [0.3, 0.4) is 0 Å². The highest BCUT2D eigenvalue weighted by Crippen LogP contribution is 2.27. The van der Waals surface area contributed by atoms with Crippen molar-refractivity contribution in [3.63, 3.8) is 0 Å². The first kappa shape index (κ1) is 15.6. The van der Waals surface area contributed by atoms with Crippen molar-refractivity contribution in [2.45, 2.75) is 25.8 Å². The molecule has 2 rings (SSSR count). The Bertz CT molecular complexity index is 697. The van der Waals surface area contributed by atoms with E-state index in [9.17, 15) is 4.79 Å². The zero-order valence-corrected chi connectivity index (χ0v) is 13.2. The Kier molecular flexibility index (Phi) is 4.41. The standard InChI is InChI=1S/C16H14Cl2N2O/c1-16(2)8-11(13(9-19)15(21)20-16)4-3-10-5-6-12(17)7-14(10)18/h3-7H,8H2,1-2H3,(H,20,21)/b4-3+. The van der Waals surface area contributed by atoms with Gasteiger partial charge in [0.15, 0.2) is 0 Å². The van der Waals surface area contributed by atoms with Crippen LogP contribution in [0, 0.1) is 11.3 Å². The van der Waals surface area contributed by atoms with Gasteiger partial charge in [0.05, 0.1) is 0 Å². The molecule has 0 aliphatic carbocycles. The number of carbonyl (C=O) groups is 1. The van der Waals surface area contributed by atoms with Crippen molar-refractivity contribution in [3.8, 4) is 6.07 Å². The summed E-state index contributed by atoms with van der Waals surface area (Å²) in [6.07, 6.45) is 4.15. The molecule has 3 nitrogen and oxygen atoms in total. The maximum Gasteiger partial charge on any atom is 0.262 e. The molecule has 21 heavy (non-hydrogen) atoms. The minimum absolute atomic E-state index is 0.149. The summed E-state index contributed by atoms with van der Waals surface area (Å²) in [6, 6.07) is 7.15. The van der Waals surface area contributed by atoms with Crippen molar-refractivity contribution in [1.29, 1.82) is 5.26 Å². The molecule has 5 heteroatoms. The topological polar surface area (TPSA) is 52.9 Å². The van der Waals surface area contributed by atoms with Crippen LogP contribution in [0.15, 0.2) is 35.4 Å². The second-order valence-corrected chi connectivity index (χ2v) is 6.37. The molecule has 1 heterocycles. The van der Waals surface area contributed by atoms with Crippen LogP contribution < -0.4 is 5.32 Å². The highest BCUT2D eigenvalue weighted by atomic mass is 35.5. The molecule has 0 fully saturated rings. The molecule has 1 aliphatic rings. The summed E-state index contributed by atoms with van der Waals surface area (Å²) in [6.45, 7) is 3.84. The lowest BCUT2D eigenvalue weighted by Gasteiger charge is -2.31. The summed E-state index contributed by atoms with van der Waals surface area (Å²) in [7, 11) is 0. The van der Waals surface area contributed by atoms with Crippen molar-refractivity contribution in [3.05, 3.63) is 51.0 Å². The molecule has 1 amide bonds. The quantitative estimate of drug-likeness (QED) is 0.890. The van der Waals surface area contributed by atoms with Gasteiger partial charge in [0.25, 0.3) is 5.91 Å². The highest BCUT2D eigenvalue weighted by molar-refractivity contribution is 6.35. The van der Waals surface area contributed by atoms with E-state index in [1.54, 1.807) is 30.4 Å². The Morgan fingerprint density at radius 1 is 1.33 bits per heavy atom. The van der Waals surface area contributed by atoms with Crippen molar-refractivity contribution in [2.75, 3.05) is 0 Å². The second kappa shape index (κ2) is 5.93. The van der Waals surface area contributed by atoms with E-state index in [2.05, 4.69) is 5.32 Å². The first-order chi connectivity index (χ1) is 9.82. The Hall–Kier alpha value is -1.76. The van der Waals surface area contributed by atoms with Crippen LogP contribution in [0.25, 0.3) is 6.08 Å². The molecule has 1 aliphatic heterocycles. The van der Waals surface area contributed by atoms with Gasteiger partial charge in [-0.05, 0) is 43.5 Å². The molecular formula is C16H14Cl2N2O. The Morgan fingerprint density at radius 3 is 2.67 bits per heavy atom. The lowest BCUT2D eigenvalue weighted by molar-refractivity contribution is -0.119. The highest BCUT2D eigenvalue weighted by Gasteiger charge is 2.30. The van der Waals surface area contributed by atoms with Gasteiger partial charge in [-0.3, -0.25) is 4.79 Å². The Balaban J connectivity index is 2.38. The van der Waals surface area contributed by atoms with E-state index in [-0.39, 0.29) is 17.0 Å². The fourth-order valence-electron chi connectivity index (χ4n) is 2.22. The number of hydrogen-bond acceptors (Lipinski definition) is 2. The van der Waals surface area contributed by atoms with Crippen molar-refractivity contribution >= 4 is 35.2 Å². The molecule has 1 aromatic rings. The van der Waals surface area contributed by atoms with Crippen molar-refractivity contribution in [2.24, 2.45) is 0 Å². The molecule has 0 radical (unpaired) electrons. The zero-order chi connectivity index (χ0) is 15.6. The van der Waals surface area contributed by atoms with Crippen LogP contribution in [0.4, 0.5) is 0 Å². The number of carbonyl (C=O) groups excluding carboxylic acids is 1. The molecule has 0 saturated heterocycles. The predicted molar refractivity (Wildman–Crippen MR) is 85.0 cm³/mol. The van der Waals surface area contributed by atoms with Gasteiger partial charge in [0, 0.05) is 15.6 Å². The van der Waals surface area contributed by atoms with Gasteiger partial charge in [-0.25, -0.2) is 0 Å². The summed E-state index contributed by atoms with van der Waals surface area (Å²) in [5, 5.41) is 13.0. The Labute approximate surface area is 133 Å². The minimum atomic E-state index is -0.374. The molecule has 0 aromatic heterocycles. The van der Waals surface area contributed by atoms with Crippen LogP contribution in [-0.2, 0) is 4.79 Å². The summed E-state index contributed by atoms with van der Waals surface area (Å²) in [4.78, 5) is 11.9. The SMILES string of the molecule is CC1(C)CC(/C=C/c2ccc(Cl)cc2Cl)=C(C#N)C(=O)N1. The monoisotopic (exact) mass is 320 g/mol. The van der Waals surface area contributed by atoms with Gasteiger partial charge < -0.3 is 5.32 Å². The van der Waals surface area contributed by atoms with E-state index < -0.39 is 0 Å². The van der Waals surface area contributed by atoms with E-state index in [1.165, 1.54) is 0 Å². The molecule has 0 spiro atoms. The van der Waals surface area contributed by atoms with Gasteiger partial charge in [-0.15, -0.1) is 0 Å². The molecule has 0 atom stereocenters. The van der Waals surface area contributed by atoms with Crippen LogP contribution in [0.1, 0.15) is 25.8 Å². The van der Waals surface area contributed by atoms with E-state index in [1.807, 2.05) is 19.9 Å². The average Bonchev–Trinajstić information content (AvgIpc) is 2.36. The first-order valence-electron chi connectivity index (χ1n) is 6.41. The van der Waals surface area contributed by atoms with Crippen molar-refractivity contribution < 1.29 is 4.79 Å². The number of hydrogen-bond donors (Lipinski definition) is 1. The number of benzene rings is 1. The van der Waals surface area contributed by atoms with Crippen LogP contribution in [-0.4, -0.2) is 11.4 Å². The van der Waals surface area contributed by atoms with Crippen molar-refractivity contribution in [1.82, 2.24) is 5.32 Å². The maximum atomic E-state index is 11.9. The van der Waals surface area contributed by atoms with Gasteiger partial charge >= 0.3 is 0 Å². The normalized spacial score (nSPS) is 17.8. The molecule has 1 N–H and O–H groups in total. The Morgan fingerprint density at radius 2 is 2.05 bits per heavy atom. The maximum absolute atomic E-state index is 11.9. The molecular weight excluding hydrogens is 307 g/mol. The van der Waals surface area contributed by atoms with E-state index >= 15 is 0 Å². The van der Waals surface area contributed by atoms with Gasteiger partial charge in [0.1, 0.15) is 11.6 Å². The molecule has 0 unspecified atom stereocenters. The zero-order valence-electron chi connectivity index (χ0n) is 11.7. The number of halogens is 2. The minimum Gasteiger partial charge on any atom is -0.346 e. The van der Waals surface area contributed by atoms with Gasteiger partial charge in [-0.1, -0.05) is 41.4 Å². The summed E-state index contributed by atoms with van der Waals surface area (Å²) in [5.74, 6) is -0.337. The molecule has 0 bridgehead atoms. The lowest BCUT2D eigenvalue weighted by atomic mass is 9.87. The van der Waals surface area contributed by atoms with E-state index in [0.29, 0.717) is 22.0 Å². The second-order valence-electron chi connectivity index (χ2n) is 5.53. The number of nitrogens with zero attached hydrogens (tertiary/aromatic N) is 1. The molecule has 108 valence electrons. The first-order valence-corrected chi connectivity index (χ1v) is 7.17. The largest absolute Gasteiger partial charge is 0.346 e.